The monoisotopic (exact) mass is 361 g/mol. The second-order valence-corrected chi connectivity index (χ2v) is 7.22. The van der Waals surface area contributed by atoms with E-state index in [2.05, 4.69) is 36.7 Å². The zero-order valence-corrected chi connectivity index (χ0v) is 14.5. The molecule has 2 aromatic carbocycles. The van der Waals surface area contributed by atoms with E-state index in [0.717, 1.165) is 10.0 Å². The van der Waals surface area contributed by atoms with Gasteiger partial charge in [-0.2, -0.15) is 0 Å². The molecule has 0 spiro atoms. The van der Waals surface area contributed by atoms with Crippen LogP contribution < -0.4 is 4.90 Å². The lowest BCUT2D eigenvalue weighted by atomic mass is 9.81. The number of nitrogens with zero attached hydrogens (tertiary/aromatic N) is 1. The van der Waals surface area contributed by atoms with Crippen molar-refractivity contribution in [2.75, 3.05) is 4.90 Å². The Bertz CT molecular complexity index is 632. The number of hydrogen-bond donors (Lipinski definition) is 1. The largest absolute Gasteiger partial charge is 0.465 e. The summed E-state index contributed by atoms with van der Waals surface area (Å²) < 4.78 is 0.925. The van der Waals surface area contributed by atoms with Gasteiger partial charge in [0.05, 0.1) is 6.04 Å². The fraction of sp³-hybridized carbons (Fsp3) is 0.278. The first-order valence-electron chi connectivity index (χ1n) is 7.13. The number of rotatable bonds is 3. The number of amides is 1. The third-order valence-electron chi connectivity index (χ3n) is 3.50. The summed E-state index contributed by atoms with van der Waals surface area (Å²) in [7, 11) is 0. The van der Waals surface area contributed by atoms with Crippen molar-refractivity contribution in [2.24, 2.45) is 5.41 Å². The van der Waals surface area contributed by atoms with E-state index in [1.54, 1.807) is 0 Å². The second-order valence-electron chi connectivity index (χ2n) is 6.31. The fourth-order valence-electron chi connectivity index (χ4n) is 2.64. The minimum atomic E-state index is -0.953. The average Bonchev–Trinajstić information content (AvgIpc) is 2.45. The van der Waals surface area contributed by atoms with Crippen LogP contribution in [0.25, 0.3) is 0 Å². The molecule has 0 aliphatic rings. The van der Waals surface area contributed by atoms with Crippen molar-refractivity contribution in [3.8, 4) is 0 Å². The van der Waals surface area contributed by atoms with Crippen LogP contribution in [0.2, 0.25) is 0 Å². The number of carbonyl (C=O) groups is 1. The van der Waals surface area contributed by atoms with Crippen molar-refractivity contribution in [1.29, 1.82) is 0 Å². The topological polar surface area (TPSA) is 40.5 Å². The van der Waals surface area contributed by atoms with Gasteiger partial charge in [-0.1, -0.05) is 67.0 Å². The summed E-state index contributed by atoms with van der Waals surface area (Å²) >= 11 is 3.39. The summed E-state index contributed by atoms with van der Waals surface area (Å²) in [6, 6.07) is 16.9. The number of benzene rings is 2. The first-order valence-corrected chi connectivity index (χ1v) is 7.92. The molecule has 0 bridgehead atoms. The normalized spacial score (nSPS) is 12.7. The van der Waals surface area contributed by atoms with Crippen LogP contribution in [0, 0.1) is 5.41 Å². The molecule has 0 heterocycles. The van der Waals surface area contributed by atoms with Gasteiger partial charge in [0.25, 0.3) is 0 Å². The average molecular weight is 362 g/mol. The summed E-state index contributed by atoms with van der Waals surface area (Å²) in [6.07, 6.45) is -0.953. The molecule has 0 saturated heterocycles. The molecule has 0 fully saturated rings. The molecule has 0 saturated carbocycles. The Hall–Kier alpha value is -1.81. The smallest absolute Gasteiger partial charge is 0.412 e. The van der Waals surface area contributed by atoms with E-state index in [-0.39, 0.29) is 11.5 Å². The molecule has 116 valence electrons. The van der Waals surface area contributed by atoms with Crippen molar-refractivity contribution in [3.63, 3.8) is 0 Å². The van der Waals surface area contributed by atoms with E-state index in [4.69, 9.17) is 0 Å². The molecule has 1 atom stereocenters. The maximum atomic E-state index is 12.0. The minimum absolute atomic E-state index is 0.243. The molecule has 3 nitrogen and oxygen atoms in total. The molecule has 0 radical (unpaired) electrons. The molecule has 1 amide bonds. The summed E-state index contributed by atoms with van der Waals surface area (Å²) in [6.45, 7) is 6.17. The minimum Gasteiger partial charge on any atom is -0.465 e. The lowest BCUT2D eigenvalue weighted by molar-refractivity contribution is 0.189. The quantitative estimate of drug-likeness (QED) is 0.759. The Morgan fingerprint density at radius 3 is 2.05 bits per heavy atom. The van der Waals surface area contributed by atoms with Gasteiger partial charge in [0.1, 0.15) is 0 Å². The molecule has 4 heteroatoms. The van der Waals surface area contributed by atoms with Gasteiger partial charge in [-0.25, -0.2) is 4.79 Å². The predicted molar refractivity (Wildman–Crippen MR) is 93.3 cm³/mol. The van der Waals surface area contributed by atoms with Crippen LogP contribution in [0.15, 0.2) is 59.1 Å². The number of hydrogen-bond acceptors (Lipinski definition) is 1. The number of carboxylic acid groups (broad SMARTS) is 1. The first kappa shape index (κ1) is 16.6. The molecule has 0 aliphatic carbocycles. The van der Waals surface area contributed by atoms with E-state index in [1.807, 2.05) is 54.6 Å². The summed E-state index contributed by atoms with van der Waals surface area (Å²) in [5.74, 6) is 0. The maximum Gasteiger partial charge on any atom is 0.412 e. The lowest BCUT2D eigenvalue weighted by Crippen LogP contribution is -2.40. The second kappa shape index (κ2) is 6.53. The van der Waals surface area contributed by atoms with E-state index in [9.17, 15) is 9.90 Å². The first-order chi connectivity index (χ1) is 10.3. The number of halogens is 1. The van der Waals surface area contributed by atoms with Gasteiger partial charge in [-0.15, -0.1) is 0 Å². The van der Waals surface area contributed by atoms with Crippen molar-refractivity contribution in [1.82, 2.24) is 0 Å². The Morgan fingerprint density at radius 1 is 1.05 bits per heavy atom. The Balaban J connectivity index is 2.55. The van der Waals surface area contributed by atoms with Crippen LogP contribution in [0.3, 0.4) is 0 Å². The number of anilines is 1. The van der Waals surface area contributed by atoms with E-state index >= 15 is 0 Å². The highest BCUT2D eigenvalue weighted by Crippen LogP contribution is 2.40. The van der Waals surface area contributed by atoms with Crippen molar-refractivity contribution < 1.29 is 9.90 Å². The Kier molecular flexibility index (Phi) is 4.91. The summed E-state index contributed by atoms with van der Waals surface area (Å²) in [4.78, 5) is 13.4. The maximum absolute atomic E-state index is 12.0. The van der Waals surface area contributed by atoms with Crippen LogP contribution in [0.4, 0.5) is 10.5 Å². The molecule has 2 aromatic rings. The van der Waals surface area contributed by atoms with Crippen LogP contribution in [0.5, 0.6) is 0 Å². The molecule has 22 heavy (non-hydrogen) atoms. The van der Waals surface area contributed by atoms with Gasteiger partial charge in [-0.05, 0) is 35.2 Å². The van der Waals surface area contributed by atoms with E-state index < -0.39 is 6.09 Å². The van der Waals surface area contributed by atoms with Gasteiger partial charge in [0, 0.05) is 10.2 Å². The Morgan fingerprint density at radius 2 is 1.59 bits per heavy atom. The fourth-order valence-corrected chi connectivity index (χ4v) is 2.91. The summed E-state index contributed by atoms with van der Waals surface area (Å²) in [5.41, 5.74) is 1.41. The molecular formula is C18H20BrNO2. The molecular weight excluding hydrogens is 342 g/mol. The molecule has 1 unspecified atom stereocenters. The molecule has 0 aromatic heterocycles. The third kappa shape index (κ3) is 3.69. The third-order valence-corrected chi connectivity index (χ3v) is 4.03. The van der Waals surface area contributed by atoms with Gasteiger partial charge in [-0.3, -0.25) is 4.90 Å². The van der Waals surface area contributed by atoms with Crippen LogP contribution >= 0.6 is 15.9 Å². The zero-order valence-electron chi connectivity index (χ0n) is 13.0. The molecule has 1 N–H and O–H groups in total. The Labute approximate surface area is 139 Å². The highest BCUT2D eigenvalue weighted by atomic mass is 79.9. The van der Waals surface area contributed by atoms with E-state index in [0.29, 0.717) is 5.69 Å². The highest BCUT2D eigenvalue weighted by Gasteiger charge is 2.35. The summed E-state index contributed by atoms with van der Waals surface area (Å²) in [5, 5.41) is 9.81. The standard InChI is InChI=1S/C18H20BrNO2/c1-18(2,3)16(13-7-5-4-6-8-13)20(17(21)22)15-11-9-14(19)10-12-15/h4-12,16H,1-3H3,(H,21,22). The SMILES string of the molecule is CC(C)(C)C(c1ccccc1)N(C(=O)O)c1ccc(Br)cc1. The van der Waals surface area contributed by atoms with Crippen molar-refractivity contribution in [2.45, 2.75) is 26.8 Å². The van der Waals surface area contributed by atoms with Crippen LogP contribution in [-0.4, -0.2) is 11.2 Å². The van der Waals surface area contributed by atoms with E-state index in [1.165, 1.54) is 4.90 Å². The van der Waals surface area contributed by atoms with Gasteiger partial charge < -0.3 is 5.11 Å². The highest BCUT2D eigenvalue weighted by molar-refractivity contribution is 9.10. The van der Waals surface area contributed by atoms with Crippen LogP contribution in [0.1, 0.15) is 32.4 Å². The van der Waals surface area contributed by atoms with Crippen molar-refractivity contribution >= 4 is 27.7 Å². The lowest BCUT2D eigenvalue weighted by Gasteiger charge is -2.39. The van der Waals surface area contributed by atoms with Crippen molar-refractivity contribution in [3.05, 3.63) is 64.6 Å². The zero-order chi connectivity index (χ0) is 16.3. The molecule has 0 aliphatic heterocycles. The van der Waals surface area contributed by atoms with Gasteiger partial charge in [0.15, 0.2) is 0 Å². The van der Waals surface area contributed by atoms with Gasteiger partial charge in [0.2, 0.25) is 0 Å². The molecule has 2 rings (SSSR count). The van der Waals surface area contributed by atoms with Gasteiger partial charge >= 0.3 is 6.09 Å². The van der Waals surface area contributed by atoms with Crippen LogP contribution in [-0.2, 0) is 0 Å². The predicted octanol–water partition coefficient (Wildman–Crippen LogP) is 5.72.